The molecule has 0 bridgehead atoms. The van der Waals surface area contributed by atoms with Gasteiger partial charge in [0.2, 0.25) is 0 Å². The van der Waals surface area contributed by atoms with Crippen LogP contribution in [0.3, 0.4) is 0 Å². The Balaban J connectivity index is 0.876. The second kappa shape index (κ2) is 20.9. The molecule has 2 aromatic heterocycles. The van der Waals surface area contributed by atoms with Crippen molar-refractivity contribution in [3.8, 4) is 112 Å². The monoisotopic (exact) mass is 1150 g/mol. The molecule has 1 atom stereocenters. The Bertz CT molecular complexity index is 5160. The van der Waals surface area contributed by atoms with E-state index < -0.39 is 0 Å². The maximum atomic E-state index is 2.53. The molecular formula is C88H66N2. The van der Waals surface area contributed by atoms with Gasteiger partial charge in [-0.15, -0.1) is 0 Å². The van der Waals surface area contributed by atoms with Crippen molar-refractivity contribution in [2.75, 3.05) is 0 Å². The zero-order valence-corrected chi connectivity index (χ0v) is 51.1. The van der Waals surface area contributed by atoms with Gasteiger partial charge in [0, 0.05) is 33.8 Å². The van der Waals surface area contributed by atoms with Crippen LogP contribution in [-0.2, 0) is 10.8 Å². The van der Waals surface area contributed by atoms with Crippen LogP contribution in [0.25, 0.3) is 133 Å². The highest BCUT2D eigenvalue weighted by molar-refractivity contribution is 6.23. The van der Waals surface area contributed by atoms with Crippen molar-refractivity contribution in [1.82, 2.24) is 9.13 Å². The van der Waals surface area contributed by atoms with E-state index >= 15 is 0 Å². The summed E-state index contributed by atoms with van der Waals surface area (Å²) < 4.78 is 4.88. The van der Waals surface area contributed by atoms with Crippen LogP contribution < -0.4 is 0 Å². The number of nitrogens with zero attached hydrogens (tertiary/aromatic N) is 2. The van der Waals surface area contributed by atoms with Crippen molar-refractivity contribution >= 4 is 21.5 Å². The molecule has 0 spiro atoms. The number of fused-ring (bicyclic) bond motifs is 8. The number of rotatable bonds is 10. The fourth-order valence-electron chi connectivity index (χ4n) is 15.6. The molecule has 2 heterocycles. The minimum atomic E-state index is -0.178. The highest BCUT2D eigenvalue weighted by atomic mass is 15.0. The number of aromatic nitrogens is 2. The topological polar surface area (TPSA) is 9.86 Å². The van der Waals surface area contributed by atoms with Gasteiger partial charge < -0.3 is 9.13 Å². The molecule has 17 rings (SSSR count). The molecule has 0 saturated carbocycles. The van der Waals surface area contributed by atoms with Crippen LogP contribution in [0.4, 0.5) is 0 Å². The summed E-state index contributed by atoms with van der Waals surface area (Å²) in [4.78, 5) is 0. The quantitative estimate of drug-likeness (QED) is 0.121. The van der Waals surface area contributed by atoms with Crippen molar-refractivity contribution in [3.63, 3.8) is 0 Å². The Hall–Kier alpha value is -10.8. The van der Waals surface area contributed by atoms with E-state index in [2.05, 4.69) is 346 Å². The Kier molecular flexibility index (Phi) is 12.4. The first-order valence-corrected chi connectivity index (χ1v) is 31.8. The first-order chi connectivity index (χ1) is 44.2. The first-order valence-electron chi connectivity index (χ1n) is 31.8. The first kappa shape index (κ1) is 53.4. The largest absolute Gasteiger partial charge is 0.313 e. The summed E-state index contributed by atoms with van der Waals surface area (Å²) in [5, 5.41) is 4.93. The minimum absolute atomic E-state index is 0.178. The zero-order chi connectivity index (χ0) is 60.2. The van der Waals surface area contributed by atoms with Gasteiger partial charge in [0.1, 0.15) is 0 Å². The van der Waals surface area contributed by atoms with Gasteiger partial charge in [0.15, 0.2) is 0 Å². The van der Waals surface area contributed by atoms with Crippen molar-refractivity contribution in [1.29, 1.82) is 0 Å². The van der Waals surface area contributed by atoms with E-state index in [0.29, 0.717) is 0 Å². The van der Waals surface area contributed by atoms with Gasteiger partial charge in [0.05, 0.1) is 17.1 Å². The molecule has 0 amide bonds. The summed E-state index contributed by atoms with van der Waals surface area (Å²) in [6.07, 6.45) is 9.96. The van der Waals surface area contributed by atoms with E-state index in [9.17, 15) is 0 Å². The van der Waals surface area contributed by atoms with E-state index in [-0.39, 0.29) is 16.7 Å². The SMILES string of the molecule is CC1(C)c2ccccc2-c2ccc(-c3c4ccc(-c5ccc(-n6c(-c7ccccc7)ccc6C6C=CC=CC6)cc5)cc4c(-c4ccc5c(c4)C(C)(C)c4ccccc4-5)c4ccc(-c5ccc(-n6c(-c7ccccc7)ccc6-c6ccccc6)cc5)cc34)cc21. The van der Waals surface area contributed by atoms with Gasteiger partial charge in [-0.2, -0.15) is 0 Å². The van der Waals surface area contributed by atoms with Gasteiger partial charge in [-0.1, -0.05) is 264 Å². The summed E-state index contributed by atoms with van der Waals surface area (Å²) >= 11 is 0. The van der Waals surface area contributed by atoms with Crippen LogP contribution in [-0.4, -0.2) is 9.13 Å². The van der Waals surface area contributed by atoms with Crippen molar-refractivity contribution in [3.05, 3.63) is 337 Å². The lowest BCUT2D eigenvalue weighted by Crippen LogP contribution is -2.15. The lowest BCUT2D eigenvalue weighted by molar-refractivity contribution is 0.660. The zero-order valence-electron chi connectivity index (χ0n) is 51.1. The summed E-state index contributed by atoms with van der Waals surface area (Å²) in [5.74, 6) is 0.287. The molecule has 14 aromatic rings. The summed E-state index contributed by atoms with van der Waals surface area (Å²) in [6, 6.07) is 107. The lowest BCUT2D eigenvalue weighted by Gasteiger charge is -2.24. The Morgan fingerprint density at radius 2 is 0.678 bits per heavy atom. The molecule has 2 nitrogen and oxygen atoms in total. The van der Waals surface area contributed by atoms with Crippen molar-refractivity contribution < 1.29 is 0 Å². The molecule has 3 aliphatic carbocycles. The van der Waals surface area contributed by atoms with Gasteiger partial charge in [-0.25, -0.2) is 0 Å². The number of hydrogen-bond acceptors (Lipinski definition) is 0. The molecule has 2 heteroatoms. The predicted molar refractivity (Wildman–Crippen MR) is 379 cm³/mol. The standard InChI is InChI=1S/C88H66N2/c1-87(2)77-31-19-17-29-69(77)71-45-39-65(55-79(71)87)85-73-47-37-64(58-35-43-68(44-36-58)90-83(61-25-13-7-14-26-61)51-52-84(90)62-27-15-8-16-28-62)54-76(73)86(66-40-46-72-70-30-18-20-32-78(70)88(3,4)80(72)56-66)74-48-38-63(53-75(74)85)57-33-41-67(42-34-57)89-81(59-21-9-5-10-22-59)49-50-82(89)60-23-11-6-12-24-60/h5-27,29-56,62H,28H2,1-4H3. The highest BCUT2D eigenvalue weighted by Crippen LogP contribution is 2.54. The second-order valence-electron chi connectivity index (χ2n) is 25.9. The minimum Gasteiger partial charge on any atom is -0.313 e. The van der Waals surface area contributed by atoms with Crippen LogP contribution in [0, 0.1) is 0 Å². The molecule has 0 fully saturated rings. The third-order valence-corrected chi connectivity index (χ3v) is 20.1. The molecule has 0 radical (unpaired) electrons. The maximum absolute atomic E-state index is 2.53. The molecule has 12 aromatic carbocycles. The maximum Gasteiger partial charge on any atom is 0.0535 e. The van der Waals surface area contributed by atoms with Crippen LogP contribution >= 0.6 is 0 Å². The highest BCUT2D eigenvalue weighted by Gasteiger charge is 2.37. The average molecular weight is 1150 g/mol. The summed E-state index contributed by atoms with van der Waals surface area (Å²) in [6.45, 7) is 9.60. The van der Waals surface area contributed by atoms with E-state index in [1.807, 2.05) is 0 Å². The number of benzene rings is 12. The van der Waals surface area contributed by atoms with Crippen LogP contribution in [0.5, 0.6) is 0 Å². The van der Waals surface area contributed by atoms with Crippen LogP contribution in [0.1, 0.15) is 68.0 Å². The van der Waals surface area contributed by atoms with E-state index in [1.165, 1.54) is 139 Å². The average Bonchev–Trinajstić information content (AvgIpc) is 1.16. The normalized spacial score (nSPS) is 14.8. The van der Waals surface area contributed by atoms with Crippen LogP contribution in [0.15, 0.2) is 309 Å². The van der Waals surface area contributed by atoms with Gasteiger partial charge >= 0.3 is 0 Å². The van der Waals surface area contributed by atoms with Gasteiger partial charge in [0.25, 0.3) is 0 Å². The molecule has 1 unspecified atom stereocenters. The van der Waals surface area contributed by atoms with Gasteiger partial charge in [-0.3, -0.25) is 0 Å². The van der Waals surface area contributed by atoms with E-state index in [0.717, 1.165) is 29.2 Å². The summed E-state index contributed by atoms with van der Waals surface area (Å²) in [7, 11) is 0. The third kappa shape index (κ3) is 8.53. The Morgan fingerprint density at radius 1 is 0.289 bits per heavy atom. The Morgan fingerprint density at radius 3 is 1.13 bits per heavy atom. The molecular weight excluding hydrogens is 1080 g/mol. The van der Waals surface area contributed by atoms with Crippen molar-refractivity contribution in [2.45, 2.75) is 50.9 Å². The molecule has 0 aliphatic heterocycles. The molecule has 428 valence electrons. The fourth-order valence-corrected chi connectivity index (χ4v) is 15.6. The smallest absolute Gasteiger partial charge is 0.0535 e. The molecule has 0 saturated heterocycles. The van der Waals surface area contributed by atoms with Crippen molar-refractivity contribution in [2.24, 2.45) is 0 Å². The lowest BCUT2D eigenvalue weighted by atomic mass is 9.79. The molecule has 90 heavy (non-hydrogen) atoms. The summed E-state index contributed by atoms with van der Waals surface area (Å²) in [5.41, 5.74) is 30.7. The molecule has 0 N–H and O–H groups in total. The third-order valence-electron chi connectivity index (χ3n) is 20.1. The second-order valence-corrected chi connectivity index (χ2v) is 25.9. The number of hydrogen-bond donors (Lipinski definition) is 0. The Labute approximate surface area is 527 Å². The van der Waals surface area contributed by atoms with Crippen LogP contribution in [0.2, 0.25) is 0 Å². The molecule has 3 aliphatic rings. The fraction of sp³-hybridized carbons (Fsp3) is 0.0909. The van der Waals surface area contributed by atoms with Gasteiger partial charge in [-0.05, 0) is 206 Å². The number of allylic oxidation sites excluding steroid dienone is 4. The predicted octanol–water partition coefficient (Wildman–Crippen LogP) is 23.5. The van der Waals surface area contributed by atoms with E-state index in [1.54, 1.807) is 0 Å². The van der Waals surface area contributed by atoms with E-state index in [4.69, 9.17) is 0 Å².